The van der Waals surface area contributed by atoms with Crippen molar-refractivity contribution < 1.29 is 50.3 Å². The Labute approximate surface area is 341 Å². The minimum atomic E-state index is -4.88. The van der Waals surface area contributed by atoms with E-state index < -0.39 is 65.5 Å². The monoisotopic (exact) mass is 851 g/mol. The minimum absolute atomic E-state index is 0.0167. The van der Waals surface area contributed by atoms with Crippen LogP contribution in [0.4, 0.5) is 43.4 Å². The number of imide groups is 1. The standard InChI is InChI=1S/C38H43F6N9O5S/c1-36(2)34(57)52(25-17-27(37(39,40)41)29(18-45)46-19-25)35(59)53(36)24-6-8-26(9-7-24)58-15-14-50-12-13-51(30(20-50)38(42,43)44)21-32(55)48-23-5-3-4-22(16-23)47-28-10-11-31(54)49-33(28)56/h3-5,16-17,19,24,26,28,30,47H,6-15,20-21H2,1-2H3,(H,48,55)(H,49,54,56)/t24?,26?,28-,30?/m1/s1. The highest BCUT2D eigenvalue weighted by atomic mass is 32.1. The predicted molar refractivity (Wildman–Crippen MR) is 205 cm³/mol. The fourth-order valence-electron chi connectivity index (χ4n) is 8.03. The average Bonchev–Trinajstić information content (AvgIpc) is 3.34. The number of benzene rings is 1. The van der Waals surface area contributed by atoms with Gasteiger partial charge in [0.15, 0.2) is 10.8 Å². The van der Waals surface area contributed by atoms with Gasteiger partial charge in [0.2, 0.25) is 17.7 Å². The summed E-state index contributed by atoms with van der Waals surface area (Å²) in [6, 6.07) is 5.74. The smallest absolute Gasteiger partial charge is 0.377 e. The second kappa shape index (κ2) is 17.4. The van der Waals surface area contributed by atoms with E-state index in [1.165, 1.54) is 6.07 Å². The number of piperidine rings is 1. The molecular formula is C38H43F6N9O5S. The Bertz CT molecular complexity index is 2000. The summed E-state index contributed by atoms with van der Waals surface area (Å²) in [6.07, 6.45) is -6.05. The van der Waals surface area contributed by atoms with Gasteiger partial charge in [-0.15, -0.1) is 0 Å². The minimum Gasteiger partial charge on any atom is -0.377 e. The summed E-state index contributed by atoms with van der Waals surface area (Å²) < 4.78 is 90.0. The van der Waals surface area contributed by atoms with Crippen LogP contribution in [0.2, 0.25) is 0 Å². The summed E-state index contributed by atoms with van der Waals surface area (Å²) in [5, 5.41) is 17.0. The molecule has 6 rings (SSSR count). The van der Waals surface area contributed by atoms with Crippen LogP contribution < -0.4 is 20.9 Å². The second-order valence-corrected chi connectivity index (χ2v) is 15.8. The number of aromatic nitrogens is 1. The normalized spacial score (nSPS) is 24.5. The Kier molecular flexibility index (Phi) is 12.8. The molecule has 3 saturated heterocycles. The second-order valence-electron chi connectivity index (χ2n) is 15.5. The first kappa shape index (κ1) is 43.7. The van der Waals surface area contributed by atoms with Gasteiger partial charge in [0.1, 0.15) is 23.7 Å². The van der Waals surface area contributed by atoms with Crippen molar-refractivity contribution in [3.63, 3.8) is 0 Å². The van der Waals surface area contributed by atoms with Gasteiger partial charge in [-0.2, -0.15) is 31.6 Å². The number of carbonyl (C=O) groups excluding carboxylic acids is 4. The zero-order chi connectivity index (χ0) is 42.9. The van der Waals surface area contributed by atoms with Crippen molar-refractivity contribution in [1.29, 1.82) is 5.26 Å². The number of alkyl halides is 6. The maximum atomic E-state index is 14.3. The quantitative estimate of drug-likeness (QED) is 0.166. The molecule has 2 atom stereocenters. The zero-order valence-corrected chi connectivity index (χ0v) is 33.0. The Hall–Kier alpha value is -4.91. The zero-order valence-electron chi connectivity index (χ0n) is 32.2. The molecule has 1 aromatic heterocycles. The average molecular weight is 852 g/mol. The third-order valence-corrected chi connectivity index (χ3v) is 11.4. The van der Waals surface area contributed by atoms with Gasteiger partial charge in [0.05, 0.1) is 36.7 Å². The number of rotatable bonds is 11. The van der Waals surface area contributed by atoms with E-state index in [4.69, 9.17) is 22.2 Å². The van der Waals surface area contributed by atoms with Crippen LogP contribution in [0, 0.1) is 11.3 Å². The number of hydrogen-bond acceptors (Lipinski definition) is 11. The fourth-order valence-corrected chi connectivity index (χ4v) is 8.60. The third-order valence-electron chi connectivity index (χ3n) is 11.1. The van der Waals surface area contributed by atoms with Crippen molar-refractivity contribution in [2.75, 3.05) is 54.9 Å². The van der Waals surface area contributed by atoms with Gasteiger partial charge in [0, 0.05) is 50.0 Å². The summed E-state index contributed by atoms with van der Waals surface area (Å²) in [5.74, 6) is -2.00. The molecule has 1 saturated carbocycles. The van der Waals surface area contributed by atoms with Gasteiger partial charge >= 0.3 is 12.4 Å². The predicted octanol–water partition coefficient (Wildman–Crippen LogP) is 4.42. The Morgan fingerprint density at radius 1 is 1.05 bits per heavy atom. The van der Waals surface area contributed by atoms with E-state index in [-0.39, 0.29) is 68.1 Å². The van der Waals surface area contributed by atoms with Crippen molar-refractivity contribution in [2.24, 2.45) is 0 Å². The highest BCUT2D eigenvalue weighted by molar-refractivity contribution is 7.80. The summed E-state index contributed by atoms with van der Waals surface area (Å²) >= 11 is 5.65. The number of halogens is 6. The molecule has 4 amide bonds. The third kappa shape index (κ3) is 9.94. The summed E-state index contributed by atoms with van der Waals surface area (Å²) in [6.45, 7) is 3.06. The van der Waals surface area contributed by atoms with Crippen LogP contribution in [0.5, 0.6) is 0 Å². The van der Waals surface area contributed by atoms with E-state index in [1.54, 1.807) is 47.9 Å². The van der Waals surface area contributed by atoms with E-state index >= 15 is 0 Å². The molecule has 3 aliphatic heterocycles. The highest BCUT2D eigenvalue weighted by Crippen LogP contribution is 2.40. The Balaban J connectivity index is 0.971. The van der Waals surface area contributed by atoms with Crippen LogP contribution in [0.15, 0.2) is 36.5 Å². The van der Waals surface area contributed by atoms with Gasteiger partial charge in [-0.05, 0) is 82.4 Å². The molecule has 4 aliphatic rings. The fraction of sp³-hybridized carbons (Fsp3) is 0.553. The van der Waals surface area contributed by atoms with Crippen molar-refractivity contribution in [1.82, 2.24) is 25.0 Å². The lowest BCUT2D eigenvalue weighted by atomic mass is 9.89. The largest absolute Gasteiger partial charge is 0.419 e. The molecule has 1 unspecified atom stereocenters. The number of carbonyl (C=O) groups is 4. The maximum Gasteiger partial charge on any atom is 0.419 e. The molecule has 4 heterocycles. The number of nitriles is 1. The first-order valence-electron chi connectivity index (χ1n) is 19.1. The van der Waals surface area contributed by atoms with Crippen molar-refractivity contribution in [3.05, 3.63) is 47.8 Å². The number of thiocarbonyl (C=S) groups is 1. The maximum absolute atomic E-state index is 14.3. The van der Waals surface area contributed by atoms with Crippen molar-refractivity contribution in [3.8, 4) is 6.07 Å². The number of nitrogens with one attached hydrogen (secondary N) is 3. The van der Waals surface area contributed by atoms with Gasteiger partial charge in [-0.3, -0.25) is 39.2 Å². The van der Waals surface area contributed by atoms with Crippen LogP contribution in [0.3, 0.4) is 0 Å². The number of anilines is 3. The van der Waals surface area contributed by atoms with E-state index in [1.807, 2.05) is 0 Å². The molecule has 1 aliphatic carbocycles. The number of ether oxygens (including phenoxy) is 1. The lowest BCUT2D eigenvalue weighted by Crippen LogP contribution is -2.60. The number of hydrogen-bond donors (Lipinski definition) is 3. The van der Waals surface area contributed by atoms with Crippen LogP contribution in [0.1, 0.15) is 63.6 Å². The molecule has 59 heavy (non-hydrogen) atoms. The molecule has 0 radical (unpaired) electrons. The molecule has 2 aromatic rings. The van der Waals surface area contributed by atoms with E-state index in [2.05, 4.69) is 20.9 Å². The van der Waals surface area contributed by atoms with Crippen LogP contribution in [-0.2, 0) is 30.1 Å². The first-order chi connectivity index (χ1) is 27.8. The van der Waals surface area contributed by atoms with E-state index in [0.29, 0.717) is 49.5 Å². The van der Waals surface area contributed by atoms with Gasteiger partial charge in [0.25, 0.3) is 5.91 Å². The van der Waals surface area contributed by atoms with Crippen LogP contribution in [-0.4, -0.2) is 124 Å². The topological polar surface area (TPSA) is 163 Å². The molecule has 3 N–H and O–H groups in total. The molecule has 1 aromatic carbocycles. The van der Waals surface area contributed by atoms with E-state index in [0.717, 1.165) is 16.0 Å². The Morgan fingerprint density at radius 2 is 1.76 bits per heavy atom. The first-order valence-corrected chi connectivity index (χ1v) is 19.5. The highest BCUT2D eigenvalue weighted by Gasteiger charge is 2.53. The number of amides is 4. The van der Waals surface area contributed by atoms with Crippen molar-refractivity contribution in [2.45, 2.75) is 94.5 Å². The molecular weight excluding hydrogens is 809 g/mol. The molecule has 0 spiro atoms. The summed E-state index contributed by atoms with van der Waals surface area (Å²) in [7, 11) is 0. The number of pyridine rings is 1. The van der Waals surface area contributed by atoms with Crippen LogP contribution in [0.25, 0.3) is 0 Å². The SMILES string of the molecule is CC1(C)C(=O)N(c2cnc(C#N)c(C(F)(F)F)c2)C(=S)N1C1CCC(OCCN2CCN(CC(=O)Nc3cccc(N[C@@H]4CCC(=O)NC4=O)c3)C(C(F)(F)F)C2)CC1. The Morgan fingerprint density at radius 3 is 2.42 bits per heavy atom. The lowest BCUT2D eigenvalue weighted by Gasteiger charge is -2.42. The van der Waals surface area contributed by atoms with Gasteiger partial charge in [-0.1, -0.05) is 6.07 Å². The number of nitrogens with zero attached hydrogens (tertiary/aromatic N) is 6. The molecule has 318 valence electrons. The van der Waals surface area contributed by atoms with Crippen LogP contribution >= 0.6 is 12.2 Å². The van der Waals surface area contributed by atoms with Gasteiger partial charge < -0.3 is 20.3 Å². The molecule has 0 bridgehead atoms. The summed E-state index contributed by atoms with van der Waals surface area (Å²) in [4.78, 5) is 59.2. The molecule has 14 nitrogen and oxygen atoms in total. The molecule has 21 heteroatoms. The van der Waals surface area contributed by atoms with Gasteiger partial charge in [-0.25, -0.2) is 4.98 Å². The molecule has 4 fully saturated rings. The summed E-state index contributed by atoms with van der Waals surface area (Å²) in [5.41, 5.74) is -2.67. The number of piperazine rings is 1. The van der Waals surface area contributed by atoms with Crippen molar-refractivity contribution >= 4 is 58.0 Å². The van der Waals surface area contributed by atoms with E-state index in [9.17, 15) is 45.5 Å². The lowest BCUT2D eigenvalue weighted by molar-refractivity contribution is -0.197.